The Labute approximate surface area is 97.2 Å². The Morgan fingerprint density at radius 1 is 1.44 bits per heavy atom. The number of nitrogens with zero attached hydrogens (tertiary/aromatic N) is 1. The first-order chi connectivity index (χ1) is 7.77. The molecule has 0 aromatic carbocycles. The van der Waals surface area contributed by atoms with Crippen LogP contribution in [0, 0.1) is 0 Å². The van der Waals surface area contributed by atoms with Crippen molar-refractivity contribution in [1.82, 2.24) is 15.2 Å². The van der Waals surface area contributed by atoms with Crippen LogP contribution in [0.4, 0.5) is 0 Å². The summed E-state index contributed by atoms with van der Waals surface area (Å²) in [7, 11) is 0. The van der Waals surface area contributed by atoms with E-state index in [2.05, 4.69) is 28.2 Å². The van der Waals surface area contributed by atoms with Gasteiger partial charge < -0.3 is 16.0 Å². The highest BCUT2D eigenvalue weighted by Gasteiger charge is 2.19. The Balaban J connectivity index is 1.84. The molecule has 4 N–H and O–H groups in total. The maximum Gasteiger partial charge on any atom is 0.0462 e. The van der Waals surface area contributed by atoms with Crippen molar-refractivity contribution in [2.75, 3.05) is 26.2 Å². The molecule has 90 valence electrons. The molecule has 16 heavy (non-hydrogen) atoms. The normalized spacial score (nSPS) is 21.9. The second kappa shape index (κ2) is 5.48. The third-order valence-corrected chi connectivity index (χ3v) is 3.39. The van der Waals surface area contributed by atoms with Gasteiger partial charge in [-0.25, -0.2) is 0 Å². The molecule has 4 heteroatoms. The van der Waals surface area contributed by atoms with Crippen LogP contribution in [0.1, 0.15) is 25.1 Å². The Kier molecular flexibility index (Phi) is 3.98. The van der Waals surface area contributed by atoms with E-state index in [0.717, 1.165) is 38.3 Å². The summed E-state index contributed by atoms with van der Waals surface area (Å²) < 4.78 is 0. The van der Waals surface area contributed by atoms with Gasteiger partial charge in [0, 0.05) is 50.2 Å². The molecular formula is C12H22N4. The summed E-state index contributed by atoms with van der Waals surface area (Å²) in [5, 5.41) is 3.37. The van der Waals surface area contributed by atoms with Crippen LogP contribution in [-0.2, 0) is 0 Å². The summed E-state index contributed by atoms with van der Waals surface area (Å²) in [5.41, 5.74) is 7.31. The molecule has 0 radical (unpaired) electrons. The topological polar surface area (TPSA) is 57.1 Å². The second-order valence-corrected chi connectivity index (χ2v) is 4.60. The number of aromatic amines is 1. The maximum atomic E-state index is 6.17. The predicted octanol–water partition coefficient (Wildman–Crippen LogP) is 0.698. The molecule has 0 amide bonds. The number of H-pyrrole nitrogens is 1. The molecule has 0 spiro atoms. The number of aromatic nitrogens is 1. The zero-order valence-corrected chi connectivity index (χ0v) is 9.95. The van der Waals surface area contributed by atoms with Gasteiger partial charge in [0.05, 0.1) is 0 Å². The largest absolute Gasteiger partial charge is 0.364 e. The molecule has 1 aromatic heterocycles. The number of hydrogen-bond donors (Lipinski definition) is 3. The van der Waals surface area contributed by atoms with Crippen LogP contribution < -0.4 is 11.1 Å². The maximum absolute atomic E-state index is 6.17. The van der Waals surface area contributed by atoms with Gasteiger partial charge in [0.15, 0.2) is 0 Å². The van der Waals surface area contributed by atoms with E-state index in [0.29, 0.717) is 6.04 Å². The van der Waals surface area contributed by atoms with Gasteiger partial charge in [0.1, 0.15) is 0 Å². The van der Waals surface area contributed by atoms with Crippen molar-refractivity contribution in [3.05, 3.63) is 24.0 Å². The molecule has 1 aliphatic heterocycles. The fraction of sp³-hybridized carbons (Fsp3) is 0.667. The van der Waals surface area contributed by atoms with Crippen LogP contribution in [0.15, 0.2) is 18.3 Å². The van der Waals surface area contributed by atoms with Gasteiger partial charge in [-0.1, -0.05) is 0 Å². The van der Waals surface area contributed by atoms with Crippen LogP contribution in [0.25, 0.3) is 0 Å². The molecule has 1 fully saturated rings. The number of nitrogens with one attached hydrogen (secondary N) is 2. The van der Waals surface area contributed by atoms with E-state index in [9.17, 15) is 0 Å². The molecule has 0 aliphatic carbocycles. The molecule has 2 unspecified atom stereocenters. The molecule has 1 aromatic rings. The average molecular weight is 222 g/mol. The molecule has 2 atom stereocenters. The number of hydrogen-bond acceptors (Lipinski definition) is 3. The zero-order chi connectivity index (χ0) is 11.4. The first kappa shape index (κ1) is 11.6. The SMILES string of the molecule is CC(CC(N)c1ccc[nH]1)N1CCNCC1. The summed E-state index contributed by atoms with van der Waals surface area (Å²) >= 11 is 0. The highest BCUT2D eigenvalue weighted by Crippen LogP contribution is 2.17. The molecule has 2 rings (SSSR count). The van der Waals surface area contributed by atoms with Gasteiger partial charge in [0.25, 0.3) is 0 Å². The highest BCUT2D eigenvalue weighted by molar-refractivity contribution is 5.08. The predicted molar refractivity (Wildman–Crippen MR) is 66.2 cm³/mol. The van der Waals surface area contributed by atoms with Crippen molar-refractivity contribution in [2.45, 2.75) is 25.4 Å². The lowest BCUT2D eigenvalue weighted by Gasteiger charge is -2.33. The van der Waals surface area contributed by atoms with Gasteiger partial charge in [0.2, 0.25) is 0 Å². The molecule has 1 saturated heterocycles. The Morgan fingerprint density at radius 3 is 2.81 bits per heavy atom. The van der Waals surface area contributed by atoms with E-state index >= 15 is 0 Å². The lowest BCUT2D eigenvalue weighted by molar-refractivity contribution is 0.170. The van der Waals surface area contributed by atoms with E-state index in [1.807, 2.05) is 12.3 Å². The van der Waals surface area contributed by atoms with Crippen molar-refractivity contribution in [2.24, 2.45) is 5.73 Å². The zero-order valence-electron chi connectivity index (χ0n) is 9.95. The minimum absolute atomic E-state index is 0.125. The summed E-state index contributed by atoms with van der Waals surface area (Å²) in [5.74, 6) is 0. The summed E-state index contributed by atoms with van der Waals surface area (Å²) in [6.45, 7) is 6.75. The first-order valence-corrected chi connectivity index (χ1v) is 6.11. The van der Waals surface area contributed by atoms with Crippen molar-refractivity contribution in [3.8, 4) is 0 Å². The Morgan fingerprint density at radius 2 is 2.19 bits per heavy atom. The van der Waals surface area contributed by atoms with E-state index in [1.165, 1.54) is 0 Å². The van der Waals surface area contributed by atoms with E-state index in [4.69, 9.17) is 5.73 Å². The minimum Gasteiger partial charge on any atom is -0.364 e. The van der Waals surface area contributed by atoms with Crippen LogP contribution in [-0.4, -0.2) is 42.1 Å². The number of piperazine rings is 1. The summed E-state index contributed by atoms with van der Waals surface area (Å²) in [6, 6.07) is 4.75. The third kappa shape index (κ3) is 2.84. The van der Waals surface area contributed by atoms with Crippen molar-refractivity contribution in [1.29, 1.82) is 0 Å². The van der Waals surface area contributed by atoms with E-state index in [1.54, 1.807) is 0 Å². The fourth-order valence-electron chi connectivity index (χ4n) is 2.34. The standard InChI is InChI=1S/C12H22N4/c1-10(16-7-5-14-6-8-16)9-11(13)12-3-2-4-15-12/h2-4,10-11,14-15H,5-9,13H2,1H3. The second-order valence-electron chi connectivity index (χ2n) is 4.60. The van der Waals surface area contributed by atoms with Crippen molar-refractivity contribution < 1.29 is 0 Å². The highest BCUT2D eigenvalue weighted by atomic mass is 15.2. The van der Waals surface area contributed by atoms with Crippen LogP contribution in [0.2, 0.25) is 0 Å². The van der Waals surface area contributed by atoms with E-state index in [-0.39, 0.29) is 6.04 Å². The summed E-state index contributed by atoms with van der Waals surface area (Å²) in [6.07, 6.45) is 2.95. The Hall–Kier alpha value is -0.840. The van der Waals surface area contributed by atoms with E-state index < -0.39 is 0 Å². The molecule has 0 bridgehead atoms. The fourth-order valence-corrected chi connectivity index (χ4v) is 2.34. The molecule has 1 aliphatic rings. The lowest BCUT2D eigenvalue weighted by atomic mass is 10.0. The van der Waals surface area contributed by atoms with Gasteiger partial charge in [-0.05, 0) is 25.5 Å². The van der Waals surface area contributed by atoms with Crippen molar-refractivity contribution in [3.63, 3.8) is 0 Å². The quantitative estimate of drug-likeness (QED) is 0.703. The van der Waals surface area contributed by atoms with Crippen LogP contribution in [0.5, 0.6) is 0 Å². The third-order valence-electron chi connectivity index (χ3n) is 3.39. The molecule has 0 saturated carbocycles. The number of rotatable bonds is 4. The average Bonchev–Trinajstić information content (AvgIpc) is 2.83. The monoisotopic (exact) mass is 222 g/mol. The minimum atomic E-state index is 0.125. The van der Waals surface area contributed by atoms with Crippen molar-refractivity contribution >= 4 is 0 Å². The van der Waals surface area contributed by atoms with Crippen LogP contribution in [0.3, 0.4) is 0 Å². The van der Waals surface area contributed by atoms with Gasteiger partial charge in [-0.15, -0.1) is 0 Å². The van der Waals surface area contributed by atoms with Crippen LogP contribution >= 0.6 is 0 Å². The summed E-state index contributed by atoms with van der Waals surface area (Å²) in [4.78, 5) is 5.70. The Bertz CT molecular complexity index is 290. The first-order valence-electron chi connectivity index (χ1n) is 6.11. The molecule has 4 nitrogen and oxygen atoms in total. The van der Waals surface area contributed by atoms with Gasteiger partial charge in [-0.2, -0.15) is 0 Å². The molecular weight excluding hydrogens is 200 g/mol. The van der Waals surface area contributed by atoms with Gasteiger partial charge in [-0.3, -0.25) is 4.90 Å². The van der Waals surface area contributed by atoms with Gasteiger partial charge >= 0.3 is 0 Å². The smallest absolute Gasteiger partial charge is 0.0462 e. The molecule has 2 heterocycles. The lowest BCUT2D eigenvalue weighted by Crippen LogP contribution is -2.48. The number of nitrogens with two attached hydrogens (primary N) is 1.